The Hall–Kier alpha value is -3.54. The minimum Gasteiger partial charge on any atom is -0.419 e. The van der Waals surface area contributed by atoms with Gasteiger partial charge in [0.2, 0.25) is 0 Å². The molecule has 0 aliphatic rings. The molecule has 6 heteroatoms. The lowest BCUT2D eigenvalue weighted by Crippen LogP contribution is -2.15. The molecule has 0 saturated heterocycles. The fraction of sp³-hybridized carbons (Fsp3) is 0.0476. The summed E-state index contributed by atoms with van der Waals surface area (Å²) in [5.74, 6) is -4.15. The lowest BCUT2D eigenvalue weighted by molar-refractivity contribution is 0.0676. The Bertz CT molecular complexity index is 994. The molecule has 0 spiro atoms. The molecule has 136 valence electrons. The molecule has 27 heavy (non-hydrogen) atoms. The average molecular weight is 368 g/mol. The minimum absolute atomic E-state index is 0.0455. The van der Waals surface area contributed by atoms with Crippen molar-refractivity contribution >= 4 is 11.9 Å². The number of ether oxygens (including phenoxy) is 2. The Morgan fingerprint density at radius 3 is 1.81 bits per heavy atom. The second-order valence-corrected chi connectivity index (χ2v) is 5.64. The smallest absolute Gasteiger partial charge is 0.349 e. The van der Waals surface area contributed by atoms with Crippen molar-refractivity contribution in [3.8, 4) is 11.5 Å². The molecular weight excluding hydrogens is 354 g/mol. The summed E-state index contributed by atoms with van der Waals surface area (Å²) in [6.07, 6.45) is 0. The number of rotatable bonds is 4. The van der Waals surface area contributed by atoms with Gasteiger partial charge in [-0.1, -0.05) is 36.4 Å². The van der Waals surface area contributed by atoms with Crippen molar-refractivity contribution in [2.75, 3.05) is 0 Å². The van der Waals surface area contributed by atoms with Crippen molar-refractivity contribution in [1.29, 1.82) is 0 Å². The van der Waals surface area contributed by atoms with Gasteiger partial charge in [-0.15, -0.1) is 0 Å². The van der Waals surface area contributed by atoms with Crippen LogP contribution in [0.4, 0.5) is 8.78 Å². The van der Waals surface area contributed by atoms with Crippen LogP contribution in [0.2, 0.25) is 0 Å². The first kappa shape index (κ1) is 18.3. The summed E-state index contributed by atoms with van der Waals surface area (Å²) in [6, 6.07) is 15.7. The predicted molar refractivity (Wildman–Crippen MR) is 93.9 cm³/mol. The molecule has 0 heterocycles. The van der Waals surface area contributed by atoms with Gasteiger partial charge in [-0.25, -0.2) is 18.4 Å². The minimum atomic E-state index is -1.23. The maximum absolute atomic E-state index is 13.8. The third-order valence-electron chi connectivity index (χ3n) is 3.79. The van der Waals surface area contributed by atoms with Crippen molar-refractivity contribution in [2.24, 2.45) is 0 Å². The van der Waals surface area contributed by atoms with Gasteiger partial charge >= 0.3 is 11.9 Å². The van der Waals surface area contributed by atoms with Gasteiger partial charge in [-0.2, -0.15) is 0 Å². The summed E-state index contributed by atoms with van der Waals surface area (Å²) in [7, 11) is 0. The van der Waals surface area contributed by atoms with E-state index in [-0.39, 0.29) is 11.5 Å². The molecular formula is C21H14F2O4. The van der Waals surface area contributed by atoms with E-state index in [4.69, 9.17) is 9.47 Å². The highest BCUT2D eigenvalue weighted by molar-refractivity contribution is 5.94. The van der Waals surface area contributed by atoms with E-state index in [1.807, 2.05) is 0 Å². The first-order valence-electron chi connectivity index (χ1n) is 8.00. The number of esters is 2. The van der Waals surface area contributed by atoms with Gasteiger partial charge in [0.05, 0.1) is 5.56 Å². The average Bonchev–Trinajstić information content (AvgIpc) is 2.63. The van der Waals surface area contributed by atoms with Crippen LogP contribution >= 0.6 is 0 Å². The van der Waals surface area contributed by atoms with Crippen molar-refractivity contribution in [3.63, 3.8) is 0 Å². The van der Waals surface area contributed by atoms with Crippen LogP contribution in [-0.4, -0.2) is 11.9 Å². The molecule has 0 aliphatic heterocycles. The summed E-state index contributed by atoms with van der Waals surface area (Å²) < 4.78 is 37.9. The third kappa shape index (κ3) is 4.00. The Balaban J connectivity index is 1.85. The van der Waals surface area contributed by atoms with E-state index in [9.17, 15) is 18.4 Å². The number of aryl methyl sites for hydroxylation is 1. The Morgan fingerprint density at radius 1 is 0.704 bits per heavy atom. The Morgan fingerprint density at radius 2 is 1.22 bits per heavy atom. The van der Waals surface area contributed by atoms with Crippen LogP contribution < -0.4 is 9.47 Å². The molecule has 0 radical (unpaired) electrons. The molecule has 0 fully saturated rings. The highest BCUT2D eigenvalue weighted by Crippen LogP contribution is 2.29. The summed E-state index contributed by atoms with van der Waals surface area (Å²) in [6.45, 7) is 1.75. The van der Waals surface area contributed by atoms with Gasteiger partial charge in [0.1, 0.15) is 17.2 Å². The SMILES string of the molecule is Cc1ccccc1C(=O)Oc1ccccc1OC(=O)c1c(F)cccc1F. The highest BCUT2D eigenvalue weighted by Gasteiger charge is 2.21. The number of hydrogen-bond donors (Lipinski definition) is 0. The summed E-state index contributed by atoms with van der Waals surface area (Å²) in [4.78, 5) is 24.5. The fourth-order valence-electron chi connectivity index (χ4n) is 2.42. The molecule has 4 nitrogen and oxygen atoms in total. The molecule has 3 aromatic rings. The fourth-order valence-corrected chi connectivity index (χ4v) is 2.42. The van der Waals surface area contributed by atoms with Gasteiger partial charge in [0.25, 0.3) is 0 Å². The number of para-hydroxylation sites is 2. The lowest BCUT2D eigenvalue weighted by Gasteiger charge is -2.11. The molecule has 3 rings (SSSR count). The molecule has 0 aliphatic carbocycles. The monoisotopic (exact) mass is 368 g/mol. The second-order valence-electron chi connectivity index (χ2n) is 5.64. The topological polar surface area (TPSA) is 52.6 Å². The van der Waals surface area contributed by atoms with Crippen LogP contribution in [-0.2, 0) is 0 Å². The zero-order valence-corrected chi connectivity index (χ0v) is 14.2. The van der Waals surface area contributed by atoms with Gasteiger partial charge in [0.15, 0.2) is 11.5 Å². The largest absolute Gasteiger partial charge is 0.419 e. The molecule has 0 amide bonds. The lowest BCUT2D eigenvalue weighted by atomic mass is 10.1. The maximum Gasteiger partial charge on any atom is 0.349 e. The van der Waals surface area contributed by atoms with Crippen LogP contribution in [0, 0.1) is 18.6 Å². The van der Waals surface area contributed by atoms with E-state index in [0.717, 1.165) is 18.2 Å². The van der Waals surface area contributed by atoms with Crippen LogP contribution in [0.25, 0.3) is 0 Å². The number of benzene rings is 3. The first-order valence-corrected chi connectivity index (χ1v) is 8.00. The van der Waals surface area contributed by atoms with E-state index in [1.165, 1.54) is 18.2 Å². The van der Waals surface area contributed by atoms with E-state index in [1.54, 1.807) is 37.3 Å². The standard InChI is InChI=1S/C21H14F2O4/c1-13-7-2-3-8-14(13)20(24)26-17-11-4-5-12-18(17)27-21(25)19-15(22)9-6-10-16(19)23/h2-12H,1H3. The molecule has 0 aromatic heterocycles. The zero-order valence-electron chi connectivity index (χ0n) is 14.2. The van der Waals surface area contributed by atoms with Crippen molar-refractivity contribution in [1.82, 2.24) is 0 Å². The van der Waals surface area contributed by atoms with Gasteiger partial charge < -0.3 is 9.47 Å². The van der Waals surface area contributed by atoms with Crippen molar-refractivity contribution in [3.05, 3.63) is 95.1 Å². The number of halogens is 2. The van der Waals surface area contributed by atoms with E-state index >= 15 is 0 Å². The number of hydrogen-bond acceptors (Lipinski definition) is 4. The van der Waals surface area contributed by atoms with Crippen LogP contribution in [0.3, 0.4) is 0 Å². The summed E-state index contributed by atoms with van der Waals surface area (Å²) >= 11 is 0. The molecule has 0 N–H and O–H groups in total. The van der Waals surface area contributed by atoms with E-state index < -0.39 is 29.1 Å². The number of carbonyl (C=O) groups is 2. The van der Waals surface area contributed by atoms with Crippen molar-refractivity contribution < 1.29 is 27.8 Å². The Labute approximate surface area is 154 Å². The quantitative estimate of drug-likeness (QED) is 0.494. The number of carbonyl (C=O) groups excluding carboxylic acids is 2. The molecule has 0 unspecified atom stereocenters. The molecule has 0 bridgehead atoms. The molecule has 0 atom stereocenters. The van der Waals surface area contributed by atoms with E-state index in [0.29, 0.717) is 11.1 Å². The van der Waals surface area contributed by atoms with Crippen molar-refractivity contribution in [2.45, 2.75) is 6.92 Å². The van der Waals surface area contributed by atoms with Crippen LogP contribution in [0.5, 0.6) is 11.5 Å². The van der Waals surface area contributed by atoms with Crippen LogP contribution in [0.15, 0.2) is 66.7 Å². The van der Waals surface area contributed by atoms with Gasteiger partial charge in [-0.05, 0) is 42.8 Å². The van der Waals surface area contributed by atoms with Gasteiger partial charge in [-0.3, -0.25) is 0 Å². The normalized spacial score (nSPS) is 10.3. The second kappa shape index (κ2) is 7.78. The predicted octanol–water partition coefficient (Wildman–Crippen LogP) is 4.71. The van der Waals surface area contributed by atoms with E-state index in [2.05, 4.69) is 0 Å². The summed E-state index contributed by atoms with van der Waals surface area (Å²) in [5.41, 5.74) is 0.238. The zero-order chi connectivity index (χ0) is 19.4. The summed E-state index contributed by atoms with van der Waals surface area (Å²) in [5, 5.41) is 0. The van der Waals surface area contributed by atoms with Gasteiger partial charge in [0, 0.05) is 0 Å². The molecule has 0 saturated carbocycles. The third-order valence-corrected chi connectivity index (χ3v) is 3.79. The van der Waals surface area contributed by atoms with Crippen LogP contribution in [0.1, 0.15) is 26.3 Å². The Kier molecular flexibility index (Phi) is 5.26. The maximum atomic E-state index is 13.8. The first-order chi connectivity index (χ1) is 13.0. The highest BCUT2D eigenvalue weighted by atomic mass is 19.1. The molecule has 3 aromatic carbocycles.